The number of anilines is 1. The predicted molar refractivity (Wildman–Crippen MR) is 84.2 cm³/mol. The first-order valence-corrected chi connectivity index (χ1v) is 8.83. The molecule has 0 amide bonds. The van der Waals surface area contributed by atoms with Crippen molar-refractivity contribution in [1.29, 1.82) is 0 Å². The Morgan fingerprint density at radius 1 is 1.36 bits per heavy atom. The van der Waals surface area contributed by atoms with E-state index in [1.165, 1.54) is 17.2 Å². The van der Waals surface area contributed by atoms with Crippen LogP contribution in [0, 0.1) is 0 Å². The van der Waals surface area contributed by atoms with Gasteiger partial charge in [0.15, 0.2) is 17.7 Å². The van der Waals surface area contributed by atoms with E-state index in [0.717, 1.165) is 0 Å². The summed E-state index contributed by atoms with van der Waals surface area (Å²) in [5.74, 6) is 0.161. The Morgan fingerprint density at radius 3 is 2.84 bits per heavy atom. The van der Waals surface area contributed by atoms with E-state index in [1.54, 1.807) is 6.92 Å². The standard InChI is InChI=1S/C12H18N6O6S/c1-2-17-25(21,22)23-3-6-8(19)9(20)12(24-6)18-5-16-7-10(13)14-4-15-11(7)18/h4-6,8-9,12,17,19-20H,2-3H2,1H3,(H2,13,14,15). The van der Waals surface area contributed by atoms with Crippen molar-refractivity contribution in [2.24, 2.45) is 0 Å². The monoisotopic (exact) mass is 374 g/mol. The summed E-state index contributed by atoms with van der Waals surface area (Å²) in [4.78, 5) is 11.9. The molecule has 1 aliphatic heterocycles. The molecule has 138 valence electrons. The fourth-order valence-corrected chi connectivity index (χ4v) is 3.28. The van der Waals surface area contributed by atoms with Gasteiger partial charge in [-0.2, -0.15) is 13.1 Å². The van der Waals surface area contributed by atoms with Crippen molar-refractivity contribution in [2.75, 3.05) is 18.9 Å². The summed E-state index contributed by atoms with van der Waals surface area (Å²) in [7, 11) is -3.95. The molecule has 3 heterocycles. The second-order valence-electron chi connectivity index (χ2n) is 5.37. The van der Waals surface area contributed by atoms with Crippen LogP contribution in [0.2, 0.25) is 0 Å². The maximum absolute atomic E-state index is 11.5. The maximum atomic E-state index is 11.5. The van der Waals surface area contributed by atoms with Crippen LogP contribution in [-0.4, -0.2) is 69.6 Å². The number of fused-ring (bicyclic) bond motifs is 1. The Kier molecular flexibility index (Phi) is 4.86. The molecule has 3 rings (SSSR count). The van der Waals surface area contributed by atoms with E-state index >= 15 is 0 Å². The van der Waals surface area contributed by atoms with Gasteiger partial charge in [0, 0.05) is 6.54 Å². The lowest BCUT2D eigenvalue weighted by molar-refractivity contribution is -0.0469. The van der Waals surface area contributed by atoms with Gasteiger partial charge in [0.25, 0.3) is 0 Å². The van der Waals surface area contributed by atoms with Gasteiger partial charge in [0.05, 0.1) is 12.9 Å². The number of nitrogens with one attached hydrogen (secondary N) is 1. The Morgan fingerprint density at radius 2 is 2.12 bits per heavy atom. The minimum absolute atomic E-state index is 0.157. The van der Waals surface area contributed by atoms with Crippen molar-refractivity contribution in [1.82, 2.24) is 24.2 Å². The highest BCUT2D eigenvalue weighted by Crippen LogP contribution is 2.32. The number of nitrogens with zero attached hydrogens (tertiary/aromatic N) is 4. The molecule has 1 saturated heterocycles. The number of nitrogen functional groups attached to an aromatic ring is 1. The first kappa shape index (κ1) is 17.9. The van der Waals surface area contributed by atoms with Crippen molar-refractivity contribution >= 4 is 27.3 Å². The Hall–Kier alpha value is -1.90. The van der Waals surface area contributed by atoms with E-state index in [-0.39, 0.29) is 12.4 Å². The third-order valence-corrected chi connectivity index (χ3v) is 4.80. The van der Waals surface area contributed by atoms with Crippen LogP contribution in [0.5, 0.6) is 0 Å². The van der Waals surface area contributed by atoms with E-state index in [9.17, 15) is 18.6 Å². The molecule has 0 saturated carbocycles. The molecule has 2 aromatic rings. The molecule has 0 bridgehead atoms. The molecule has 13 heteroatoms. The van der Waals surface area contributed by atoms with Crippen molar-refractivity contribution in [2.45, 2.75) is 31.5 Å². The number of hydrogen-bond donors (Lipinski definition) is 4. The smallest absolute Gasteiger partial charge is 0.335 e. The highest BCUT2D eigenvalue weighted by molar-refractivity contribution is 7.84. The molecule has 0 radical (unpaired) electrons. The minimum atomic E-state index is -3.95. The predicted octanol–water partition coefficient (Wildman–Crippen LogP) is -2.10. The molecule has 4 unspecified atom stereocenters. The van der Waals surface area contributed by atoms with Gasteiger partial charge in [-0.3, -0.25) is 8.75 Å². The molecule has 5 N–H and O–H groups in total. The van der Waals surface area contributed by atoms with E-state index in [2.05, 4.69) is 19.7 Å². The second-order valence-corrected chi connectivity index (χ2v) is 6.80. The van der Waals surface area contributed by atoms with Crippen LogP contribution in [-0.2, 0) is 19.2 Å². The van der Waals surface area contributed by atoms with Crippen LogP contribution in [0.15, 0.2) is 12.7 Å². The van der Waals surface area contributed by atoms with Gasteiger partial charge < -0.3 is 20.7 Å². The van der Waals surface area contributed by atoms with Gasteiger partial charge in [-0.1, -0.05) is 6.92 Å². The largest absolute Gasteiger partial charge is 0.387 e. The Bertz CT molecular complexity index is 857. The fourth-order valence-electron chi connectivity index (χ4n) is 2.53. The maximum Gasteiger partial charge on any atom is 0.335 e. The highest BCUT2D eigenvalue weighted by Gasteiger charge is 2.45. The van der Waals surface area contributed by atoms with Gasteiger partial charge in [-0.15, -0.1) is 0 Å². The molecule has 1 aliphatic rings. The van der Waals surface area contributed by atoms with Gasteiger partial charge in [-0.05, 0) is 0 Å². The normalized spacial score (nSPS) is 27.2. The lowest BCUT2D eigenvalue weighted by atomic mass is 10.1. The van der Waals surface area contributed by atoms with E-state index in [4.69, 9.17) is 14.7 Å². The Balaban J connectivity index is 1.79. The third kappa shape index (κ3) is 3.42. The number of aliphatic hydroxyl groups is 2. The minimum Gasteiger partial charge on any atom is -0.387 e. The van der Waals surface area contributed by atoms with Crippen molar-refractivity contribution in [3.05, 3.63) is 12.7 Å². The van der Waals surface area contributed by atoms with Gasteiger partial charge >= 0.3 is 10.3 Å². The van der Waals surface area contributed by atoms with Crippen molar-refractivity contribution in [3.8, 4) is 0 Å². The molecule has 0 aliphatic carbocycles. The average molecular weight is 374 g/mol. The number of rotatable bonds is 6. The topological polar surface area (TPSA) is 175 Å². The van der Waals surface area contributed by atoms with Gasteiger partial charge in [0.2, 0.25) is 0 Å². The Labute approximate surface area is 142 Å². The SMILES string of the molecule is CCNS(=O)(=O)OCC1OC(n2cnc3c(N)ncnc32)C(O)C1O. The van der Waals surface area contributed by atoms with Crippen molar-refractivity contribution < 1.29 is 27.6 Å². The summed E-state index contributed by atoms with van der Waals surface area (Å²) in [6, 6.07) is 0. The summed E-state index contributed by atoms with van der Waals surface area (Å²) in [6.45, 7) is 1.29. The third-order valence-electron chi connectivity index (χ3n) is 3.71. The number of aromatic nitrogens is 4. The summed E-state index contributed by atoms with van der Waals surface area (Å²) < 4.78 is 36.9. The molecule has 25 heavy (non-hydrogen) atoms. The van der Waals surface area contributed by atoms with Crippen LogP contribution >= 0.6 is 0 Å². The quantitative estimate of drug-likeness (QED) is 0.438. The fraction of sp³-hybridized carbons (Fsp3) is 0.583. The molecule has 1 fully saturated rings. The average Bonchev–Trinajstić information content (AvgIpc) is 3.10. The molecular weight excluding hydrogens is 356 g/mol. The van der Waals surface area contributed by atoms with Gasteiger partial charge in [0.1, 0.15) is 30.2 Å². The van der Waals surface area contributed by atoms with Crippen LogP contribution in [0.1, 0.15) is 13.2 Å². The molecule has 12 nitrogen and oxygen atoms in total. The molecule has 0 aromatic carbocycles. The zero-order valence-corrected chi connectivity index (χ0v) is 14.0. The summed E-state index contributed by atoms with van der Waals surface area (Å²) in [6.07, 6.45) is -2.23. The van der Waals surface area contributed by atoms with Crippen LogP contribution < -0.4 is 10.5 Å². The number of nitrogens with two attached hydrogens (primary N) is 1. The summed E-state index contributed by atoms with van der Waals surface area (Å²) in [5, 5.41) is 20.4. The first-order valence-electron chi connectivity index (χ1n) is 7.42. The summed E-state index contributed by atoms with van der Waals surface area (Å²) >= 11 is 0. The number of imidazole rings is 1. The van der Waals surface area contributed by atoms with E-state index < -0.39 is 41.5 Å². The van der Waals surface area contributed by atoms with E-state index in [1.807, 2.05) is 0 Å². The number of hydrogen-bond acceptors (Lipinski definition) is 10. The van der Waals surface area contributed by atoms with Crippen LogP contribution in [0.3, 0.4) is 0 Å². The number of ether oxygens (including phenoxy) is 1. The lowest BCUT2D eigenvalue weighted by Crippen LogP contribution is -2.36. The zero-order valence-electron chi connectivity index (χ0n) is 13.2. The van der Waals surface area contributed by atoms with Crippen LogP contribution in [0.4, 0.5) is 5.82 Å². The molecule has 4 atom stereocenters. The lowest BCUT2D eigenvalue weighted by Gasteiger charge is -2.16. The van der Waals surface area contributed by atoms with Crippen LogP contribution in [0.25, 0.3) is 11.2 Å². The molecule has 2 aromatic heterocycles. The van der Waals surface area contributed by atoms with E-state index in [0.29, 0.717) is 11.2 Å². The first-order chi connectivity index (χ1) is 11.8. The highest BCUT2D eigenvalue weighted by atomic mass is 32.2. The molecule has 0 spiro atoms. The van der Waals surface area contributed by atoms with Gasteiger partial charge in [-0.25, -0.2) is 15.0 Å². The zero-order chi connectivity index (χ0) is 18.2. The second kappa shape index (κ2) is 6.78. The number of aliphatic hydroxyl groups excluding tert-OH is 2. The van der Waals surface area contributed by atoms with Crippen molar-refractivity contribution in [3.63, 3.8) is 0 Å². The summed E-state index contributed by atoms with van der Waals surface area (Å²) in [5.41, 5.74) is 6.34. The molecular formula is C12H18N6O6S.